The molecular formula is C14H18N2O5. The lowest BCUT2D eigenvalue weighted by Gasteiger charge is -2.14. The van der Waals surface area contributed by atoms with E-state index in [-0.39, 0.29) is 6.42 Å². The Morgan fingerprint density at radius 1 is 1.29 bits per heavy atom. The average Bonchev–Trinajstić information content (AvgIpc) is 2.45. The number of nitrogens with one attached hydrogen (secondary N) is 2. The molecule has 0 heterocycles. The first-order valence-electron chi connectivity index (χ1n) is 6.39. The van der Waals surface area contributed by atoms with Gasteiger partial charge in [0.15, 0.2) is 0 Å². The van der Waals surface area contributed by atoms with Crippen molar-refractivity contribution in [3.8, 4) is 0 Å². The molecule has 7 nitrogen and oxygen atoms in total. The van der Waals surface area contributed by atoms with E-state index in [1.807, 2.05) is 0 Å². The van der Waals surface area contributed by atoms with Crippen LogP contribution in [-0.4, -0.2) is 36.2 Å². The van der Waals surface area contributed by atoms with Crippen LogP contribution in [-0.2, 0) is 20.7 Å². The molecule has 0 aromatic heterocycles. The lowest BCUT2D eigenvalue weighted by molar-refractivity contribution is -0.142. The Hall–Kier alpha value is -2.57. The van der Waals surface area contributed by atoms with Crippen LogP contribution in [0.2, 0.25) is 0 Å². The van der Waals surface area contributed by atoms with Gasteiger partial charge in [-0.3, -0.25) is 4.79 Å². The molecule has 114 valence electrons. The second kappa shape index (κ2) is 7.88. The topological polar surface area (TPSA) is 105 Å². The number of esters is 1. The molecule has 1 aromatic rings. The maximum absolute atomic E-state index is 11.8. The molecule has 1 unspecified atom stereocenters. The van der Waals surface area contributed by atoms with Crippen LogP contribution in [0, 0.1) is 0 Å². The fourth-order valence-corrected chi connectivity index (χ4v) is 1.69. The van der Waals surface area contributed by atoms with Crippen molar-refractivity contribution in [2.45, 2.75) is 25.8 Å². The Kier molecular flexibility index (Phi) is 6.19. The Morgan fingerprint density at radius 3 is 2.57 bits per heavy atom. The third-order valence-corrected chi connectivity index (χ3v) is 2.78. The molecule has 1 aromatic carbocycles. The van der Waals surface area contributed by atoms with Gasteiger partial charge < -0.3 is 20.5 Å². The molecule has 1 atom stereocenters. The van der Waals surface area contributed by atoms with Crippen molar-refractivity contribution >= 4 is 23.7 Å². The second-order valence-electron chi connectivity index (χ2n) is 4.39. The minimum absolute atomic E-state index is 0.0289. The molecule has 0 aliphatic heterocycles. The highest BCUT2D eigenvalue weighted by Crippen LogP contribution is 2.16. The largest absolute Gasteiger partial charge is 0.481 e. The molecule has 3 N–H and O–H groups in total. The van der Waals surface area contributed by atoms with E-state index in [0.717, 1.165) is 0 Å². The summed E-state index contributed by atoms with van der Waals surface area (Å²) in [5.41, 5.74) is 1.22. The fourth-order valence-electron chi connectivity index (χ4n) is 1.69. The quantitative estimate of drug-likeness (QED) is 0.688. The number of aryl methyl sites for hydroxylation is 1. The number of amides is 2. The molecule has 1 rings (SSSR count). The maximum atomic E-state index is 11.8. The Bertz CT molecular complexity index is 530. The number of benzene rings is 1. The van der Waals surface area contributed by atoms with Crippen LogP contribution in [0.1, 0.15) is 18.9 Å². The van der Waals surface area contributed by atoms with Gasteiger partial charge in [-0.1, -0.05) is 18.2 Å². The smallest absolute Gasteiger partial charge is 0.328 e. The summed E-state index contributed by atoms with van der Waals surface area (Å²) in [6.45, 7) is 1.50. The van der Waals surface area contributed by atoms with Gasteiger partial charge in [-0.05, 0) is 25.0 Å². The van der Waals surface area contributed by atoms with Crippen molar-refractivity contribution in [3.63, 3.8) is 0 Å². The summed E-state index contributed by atoms with van der Waals surface area (Å²) in [5.74, 6) is -1.46. The number of ether oxygens (including phenoxy) is 1. The highest BCUT2D eigenvalue weighted by atomic mass is 16.5. The van der Waals surface area contributed by atoms with Crippen molar-refractivity contribution in [1.82, 2.24) is 5.32 Å². The number of hydrogen-bond donors (Lipinski definition) is 3. The number of carbonyl (C=O) groups excluding carboxylic acids is 2. The molecule has 0 saturated heterocycles. The standard InChI is InChI=1S/C14H18N2O5/c1-9(13(19)21-2)15-14(20)16-11-6-4-3-5-10(11)7-8-12(17)18/h3-6,9H,7-8H2,1-2H3,(H,17,18)(H2,15,16,20). The van der Waals surface area contributed by atoms with Crippen molar-refractivity contribution in [2.24, 2.45) is 0 Å². The molecule has 21 heavy (non-hydrogen) atoms. The van der Waals surface area contributed by atoms with Crippen LogP contribution in [0.25, 0.3) is 0 Å². The van der Waals surface area contributed by atoms with Crippen LogP contribution in [0.15, 0.2) is 24.3 Å². The first-order valence-corrected chi connectivity index (χ1v) is 6.39. The van der Waals surface area contributed by atoms with E-state index in [2.05, 4.69) is 15.4 Å². The van der Waals surface area contributed by atoms with Crippen LogP contribution in [0.3, 0.4) is 0 Å². The molecule has 0 spiro atoms. The highest BCUT2D eigenvalue weighted by molar-refractivity contribution is 5.93. The number of urea groups is 1. The molecule has 0 fully saturated rings. The summed E-state index contributed by atoms with van der Waals surface area (Å²) in [6.07, 6.45) is 0.275. The Labute approximate surface area is 122 Å². The predicted octanol–water partition coefficient (Wildman–Crippen LogP) is 1.39. The number of rotatable bonds is 6. The minimum atomic E-state index is -0.909. The number of anilines is 1. The van der Waals surface area contributed by atoms with Crippen LogP contribution in [0.5, 0.6) is 0 Å². The van der Waals surface area contributed by atoms with Gasteiger partial charge in [0.05, 0.1) is 7.11 Å². The predicted molar refractivity (Wildman–Crippen MR) is 76.0 cm³/mol. The zero-order valence-electron chi connectivity index (χ0n) is 11.9. The molecule has 2 amide bonds. The normalized spacial score (nSPS) is 11.3. The maximum Gasteiger partial charge on any atom is 0.328 e. The van der Waals surface area contributed by atoms with E-state index in [4.69, 9.17) is 5.11 Å². The second-order valence-corrected chi connectivity index (χ2v) is 4.39. The summed E-state index contributed by atoms with van der Waals surface area (Å²) in [7, 11) is 1.24. The number of hydrogen-bond acceptors (Lipinski definition) is 4. The zero-order valence-corrected chi connectivity index (χ0v) is 11.9. The number of carboxylic acid groups (broad SMARTS) is 1. The van der Waals surface area contributed by atoms with E-state index >= 15 is 0 Å². The molecule has 0 radical (unpaired) electrons. The molecule has 7 heteroatoms. The van der Waals surface area contributed by atoms with Gasteiger partial charge in [0.25, 0.3) is 0 Å². The zero-order chi connectivity index (χ0) is 15.8. The summed E-state index contributed by atoms with van der Waals surface area (Å²) in [5, 5.41) is 13.7. The number of aliphatic carboxylic acids is 1. The molecule has 0 bridgehead atoms. The van der Waals surface area contributed by atoms with E-state index in [1.165, 1.54) is 14.0 Å². The lowest BCUT2D eigenvalue weighted by atomic mass is 10.1. The summed E-state index contributed by atoms with van der Waals surface area (Å²) >= 11 is 0. The molecule has 0 aliphatic carbocycles. The summed E-state index contributed by atoms with van der Waals surface area (Å²) in [4.78, 5) is 33.6. The van der Waals surface area contributed by atoms with Crippen molar-refractivity contribution < 1.29 is 24.2 Å². The first-order chi connectivity index (χ1) is 9.93. The van der Waals surface area contributed by atoms with E-state index in [0.29, 0.717) is 17.7 Å². The third kappa shape index (κ3) is 5.52. The number of carbonyl (C=O) groups is 3. The van der Waals surface area contributed by atoms with E-state index < -0.39 is 24.0 Å². The number of carboxylic acids is 1. The first kappa shape index (κ1) is 16.5. The van der Waals surface area contributed by atoms with Gasteiger partial charge in [-0.15, -0.1) is 0 Å². The van der Waals surface area contributed by atoms with Crippen molar-refractivity contribution in [3.05, 3.63) is 29.8 Å². The molecular weight excluding hydrogens is 276 g/mol. The monoisotopic (exact) mass is 294 g/mol. The van der Waals surface area contributed by atoms with Gasteiger partial charge >= 0.3 is 18.0 Å². The van der Waals surface area contributed by atoms with Crippen LogP contribution in [0.4, 0.5) is 10.5 Å². The van der Waals surface area contributed by atoms with Gasteiger partial charge in [0, 0.05) is 12.1 Å². The Balaban J connectivity index is 2.67. The van der Waals surface area contributed by atoms with E-state index in [1.54, 1.807) is 24.3 Å². The minimum Gasteiger partial charge on any atom is -0.481 e. The fraction of sp³-hybridized carbons (Fsp3) is 0.357. The lowest BCUT2D eigenvalue weighted by Crippen LogP contribution is -2.41. The Morgan fingerprint density at radius 2 is 1.95 bits per heavy atom. The molecule has 0 aliphatic rings. The molecule has 0 saturated carbocycles. The van der Waals surface area contributed by atoms with Gasteiger partial charge in [-0.25, -0.2) is 9.59 Å². The van der Waals surface area contributed by atoms with Gasteiger partial charge in [-0.2, -0.15) is 0 Å². The third-order valence-electron chi connectivity index (χ3n) is 2.78. The average molecular weight is 294 g/mol. The summed E-state index contributed by atoms with van der Waals surface area (Å²) < 4.78 is 4.51. The number of para-hydroxylation sites is 1. The van der Waals surface area contributed by atoms with Crippen LogP contribution < -0.4 is 10.6 Å². The van der Waals surface area contributed by atoms with E-state index in [9.17, 15) is 14.4 Å². The van der Waals surface area contributed by atoms with Gasteiger partial charge in [0.2, 0.25) is 0 Å². The highest BCUT2D eigenvalue weighted by Gasteiger charge is 2.16. The summed E-state index contributed by atoms with van der Waals surface area (Å²) in [6, 6.07) is 5.56. The van der Waals surface area contributed by atoms with Gasteiger partial charge in [0.1, 0.15) is 6.04 Å². The van der Waals surface area contributed by atoms with Crippen molar-refractivity contribution in [2.75, 3.05) is 12.4 Å². The van der Waals surface area contributed by atoms with Crippen molar-refractivity contribution in [1.29, 1.82) is 0 Å². The van der Waals surface area contributed by atoms with Crippen LogP contribution >= 0.6 is 0 Å². The number of methoxy groups -OCH3 is 1. The SMILES string of the molecule is COC(=O)C(C)NC(=O)Nc1ccccc1CCC(=O)O.